The third-order valence-corrected chi connectivity index (χ3v) is 9.53. The smallest absolute Gasteiger partial charge is 0.251 e. The molecule has 3 aliphatic rings. The number of hydrogen-bond acceptors (Lipinski definition) is 12. The first-order chi connectivity index (χ1) is 25.2. The van der Waals surface area contributed by atoms with Crippen LogP contribution in [0.5, 0.6) is 11.5 Å². The monoisotopic (exact) mass is 717 g/mol. The molecule has 3 aromatic rings. The topological polar surface area (TPSA) is 161 Å². The van der Waals surface area contributed by atoms with Crippen LogP contribution in [0.4, 0.5) is 0 Å². The molecule has 3 aliphatic heterocycles. The number of fused-ring (bicyclic) bond motifs is 1. The Morgan fingerprint density at radius 2 is 1.56 bits per heavy atom. The summed E-state index contributed by atoms with van der Waals surface area (Å²) in [5, 5.41) is 20.7. The molecule has 2 amide bonds. The van der Waals surface area contributed by atoms with Gasteiger partial charge in [-0.05, 0) is 41.0 Å². The van der Waals surface area contributed by atoms with Crippen LogP contribution in [0.25, 0.3) is 0 Å². The second-order valence-corrected chi connectivity index (χ2v) is 13.1. The zero-order valence-corrected chi connectivity index (χ0v) is 29.9. The van der Waals surface area contributed by atoms with Gasteiger partial charge in [0.15, 0.2) is 18.6 Å². The molecule has 52 heavy (non-hydrogen) atoms. The first kappa shape index (κ1) is 37.2. The number of rotatable bonds is 15. The highest BCUT2D eigenvalue weighted by Crippen LogP contribution is 2.43. The number of nitrogens with zero attached hydrogens (tertiary/aromatic N) is 2. The average molecular weight is 718 g/mol. The molecule has 2 fully saturated rings. The van der Waals surface area contributed by atoms with Crippen LogP contribution in [0.2, 0.25) is 0 Å². The normalized spacial score (nSPS) is 25.6. The fourth-order valence-electron chi connectivity index (χ4n) is 6.73. The third-order valence-electron chi connectivity index (χ3n) is 9.53. The van der Waals surface area contributed by atoms with Gasteiger partial charge in [-0.15, -0.1) is 0 Å². The predicted octanol–water partition coefficient (Wildman–Crippen LogP) is 1.94. The van der Waals surface area contributed by atoms with Crippen LogP contribution < -0.4 is 25.4 Å². The van der Waals surface area contributed by atoms with E-state index in [-0.39, 0.29) is 37.6 Å². The van der Waals surface area contributed by atoms with E-state index in [4.69, 9.17) is 28.4 Å². The van der Waals surface area contributed by atoms with E-state index in [1.807, 2.05) is 78.9 Å². The lowest BCUT2D eigenvalue weighted by molar-refractivity contribution is -0.137. The van der Waals surface area contributed by atoms with Gasteiger partial charge in [0.25, 0.3) is 5.91 Å². The molecule has 0 radical (unpaired) electrons. The molecule has 0 saturated carbocycles. The summed E-state index contributed by atoms with van der Waals surface area (Å²) in [4.78, 5) is 31.8. The molecule has 0 aliphatic carbocycles. The summed E-state index contributed by atoms with van der Waals surface area (Å²) >= 11 is 0. The molecule has 3 unspecified atom stereocenters. The SMILES string of the molecule is COCCO[C@@H]1[C@H](O)[C@@H](COC(c2ccccc2)(c2ccc(OC)cc2)c2ccc(OC)cc2)O[C@H]1N1C=NC2C(=O)NC(NC(=O)C(C)C)NC21. The van der Waals surface area contributed by atoms with E-state index >= 15 is 0 Å². The van der Waals surface area contributed by atoms with Crippen molar-refractivity contribution in [2.75, 3.05) is 41.2 Å². The lowest BCUT2D eigenvalue weighted by Gasteiger charge is -2.40. The first-order valence-electron chi connectivity index (χ1n) is 17.3. The number of aliphatic hydroxyl groups excluding tert-OH is 1. The Balaban J connectivity index is 1.32. The van der Waals surface area contributed by atoms with E-state index < -0.39 is 48.6 Å². The standard InChI is InChI=1S/C38H47N5O9/c1-23(2)34(45)41-37-40-33-30(35(46)42-37)39-22-43(33)36-32(50-20-19-47-3)31(44)29(52-36)21-51-38(24-9-7-6-8-10-24,25-11-15-27(48-4)16-12-25)26-13-17-28(49-5)18-14-26/h6-18,22-23,29-33,36-37,40,44H,19-21H2,1-5H3,(H,41,45)(H,42,46)/t29-,30?,31-,32-,33?,36-,37?/m1/s1. The van der Waals surface area contributed by atoms with Crippen LogP contribution in [-0.2, 0) is 34.1 Å². The van der Waals surface area contributed by atoms with Gasteiger partial charge in [0, 0.05) is 13.0 Å². The van der Waals surface area contributed by atoms with Gasteiger partial charge in [-0.3, -0.25) is 19.9 Å². The Kier molecular flexibility index (Phi) is 11.7. The van der Waals surface area contributed by atoms with Gasteiger partial charge in [-0.2, -0.15) is 0 Å². The molecule has 2 saturated heterocycles. The second-order valence-electron chi connectivity index (χ2n) is 13.1. The van der Waals surface area contributed by atoms with Gasteiger partial charge < -0.3 is 49.1 Å². The van der Waals surface area contributed by atoms with Gasteiger partial charge in [0.2, 0.25) is 5.91 Å². The molecule has 7 atom stereocenters. The molecular weight excluding hydrogens is 670 g/mol. The summed E-state index contributed by atoms with van der Waals surface area (Å²) in [7, 11) is 4.79. The van der Waals surface area contributed by atoms with Crippen molar-refractivity contribution in [3.05, 3.63) is 95.6 Å². The number of nitrogens with one attached hydrogen (secondary N) is 3. The van der Waals surface area contributed by atoms with Crippen molar-refractivity contribution in [1.29, 1.82) is 0 Å². The van der Waals surface area contributed by atoms with Crippen molar-refractivity contribution in [2.24, 2.45) is 10.9 Å². The Morgan fingerprint density at radius 3 is 2.13 bits per heavy atom. The molecule has 3 heterocycles. The minimum atomic E-state index is -1.15. The molecule has 0 spiro atoms. The molecule has 278 valence electrons. The summed E-state index contributed by atoms with van der Waals surface area (Å²) in [6.07, 6.45) is -3.80. The second kappa shape index (κ2) is 16.4. The van der Waals surface area contributed by atoms with Gasteiger partial charge >= 0.3 is 0 Å². The Hall–Kier alpha value is -4.57. The van der Waals surface area contributed by atoms with Crippen LogP contribution in [0.1, 0.15) is 30.5 Å². The molecule has 0 aromatic heterocycles. The molecule has 14 nitrogen and oxygen atoms in total. The van der Waals surface area contributed by atoms with Crippen molar-refractivity contribution in [2.45, 2.75) is 62.5 Å². The minimum absolute atomic E-state index is 0.0607. The summed E-state index contributed by atoms with van der Waals surface area (Å²) in [5.41, 5.74) is 1.34. The van der Waals surface area contributed by atoms with Crippen LogP contribution >= 0.6 is 0 Å². The van der Waals surface area contributed by atoms with Gasteiger partial charge in [0.1, 0.15) is 41.6 Å². The number of aliphatic hydroxyl groups is 1. The molecular formula is C38H47N5O9. The van der Waals surface area contributed by atoms with Gasteiger partial charge in [-0.1, -0.05) is 68.4 Å². The third kappa shape index (κ3) is 7.49. The Morgan fingerprint density at radius 1 is 0.942 bits per heavy atom. The van der Waals surface area contributed by atoms with Crippen molar-refractivity contribution >= 4 is 18.2 Å². The van der Waals surface area contributed by atoms with E-state index in [2.05, 4.69) is 20.9 Å². The number of aliphatic imine (C=N–C) groups is 1. The van der Waals surface area contributed by atoms with Crippen LogP contribution in [-0.4, -0.2) is 112 Å². The molecule has 3 aromatic carbocycles. The zero-order chi connectivity index (χ0) is 36.8. The lowest BCUT2D eigenvalue weighted by Crippen LogP contribution is -2.72. The maximum atomic E-state index is 13.1. The van der Waals surface area contributed by atoms with E-state index in [1.165, 1.54) is 6.34 Å². The number of carbonyl (C=O) groups is 2. The lowest BCUT2D eigenvalue weighted by atomic mass is 9.80. The summed E-state index contributed by atoms with van der Waals surface area (Å²) in [6.45, 7) is 3.93. The fourth-order valence-corrected chi connectivity index (χ4v) is 6.73. The summed E-state index contributed by atoms with van der Waals surface area (Å²) < 4.78 is 36.0. The number of hydrogen-bond donors (Lipinski definition) is 4. The number of methoxy groups -OCH3 is 3. The van der Waals surface area contributed by atoms with Crippen LogP contribution in [0.15, 0.2) is 83.9 Å². The van der Waals surface area contributed by atoms with Crippen molar-refractivity contribution in [1.82, 2.24) is 20.9 Å². The van der Waals surface area contributed by atoms with Crippen LogP contribution in [0, 0.1) is 5.92 Å². The number of ether oxygens (including phenoxy) is 6. The maximum Gasteiger partial charge on any atom is 0.251 e. The minimum Gasteiger partial charge on any atom is -0.497 e. The molecule has 6 rings (SSSR count). The first-order valence-corrected chi connectivity index (χ1v) is 17.3. The highest BCUT2D eigenvalue weighted by atomic mass is 16.6. The largest absolute Gasteiger partial charge is 0.497 e. The van der Waals surface area contributed by atoms with Gasteiger partial charge in [0.05, 0.1) is 40.4 Å². The molecule has 14 heteroatoms. The highest BCUT2D eigenvalue weighted by molar-refractivity contribution is 5.88. The number of amides is 2. The Labute approximate surface area is 303 Å². The van der Waals surface area contributed by atoms with E-state index in [9.17, 15) is 14.7 Å². The van der Waals surface area contributed by atoms with E-state index in [0.717, 1.165) is 16.7 Å². The van der Waals surface area contributed by atoms with Crippen LogP contribution in [0.3, 0.4) is 0 Å². The van der Waals surface area contributed by atoms with Crippen molar-refractivity contribution in [3.8, 4) is 11.5 Å². The fraction of sp³-hybridized carbons (Fsp3) is 0.447. The maximum absolute atomic E-state index is 13.1. The predicted molar refractivity (Wildman–Crippen MR) is 191 cm³/mol. The van der Waals surface area contributed by atoms with E-state index in [0.29, 0.717) is 11.5 Å². The average Bonchev–Trinajstić information content (AvgIpc) is 3.73. The molecule has 0 bridgehead atoms. The van der Waals surface area contributed by atoms with E-state index in [1.54, 1.807) is 40.1 Å². The quantitative estimate of drug-likeness (QED) is 0.134. The molecule has 4 N–H and O–H groups in total. The Bertz CT molecular complexity index is 1630. The van der Waals surface area contributed by atoms with Crippen molar-refractivity contribution < 1.29 is 43.1 Å². The highest BCUT2D eigenvalue weighted by Gasteiger charge is 2.53. The summed E-state index contributed by atoms with van der Waals surface area (Å²) in [6, 6.07) is 24.3. The number of benzene rings is 3. The summed E-state index contributed by atoms with van der Waals surface area (Å²) in [5.74, 6) is 0.492. The van der Waals surface area contributed by atoms with Crippen molar-refractivity contribution in [3.63, 3.8) is 0 Å². The zero-order valence-electron chi connectivity index (χ0n) is 29.9. The number of carbonyl (C=O) groups excluding carboxylic acids is 2. The van der Waals surface area contributed by atoms with Gasteiger partial charge in [-0.25, -0.2) is 0 Å².